The number of carbonyl (C=O) groups excluding carboxylic acids is 1. The molecule has 0 radical (unpaired) electrons. The fraction of sp³-hybridized carbons (Fsp3) is 0.296. The van der Waals surface area contributed by atoms with Crippen molar-refractivity contribution in [1.82, 2.24) is 25.3 Å². The fourth-order valence-electron chi connectivity index (χ4n) is 4.50. The van der Waals surface area contributed by atoms with Gasteiger partial charge in [-0.15, -0.1) is 0 Å². The van der Waals surface area contributed by atoms with Gasteiger partial charge in [0.05, 0.1) is 58.0 Å². The lowest BCUT2D eigenvalue weighted by Gasteiger charge is -2.35. The lowest BCUT2D eigenvalue weighted by atomic mass is 10.2. The molecule has 0 saturated carbocycles. The third kappa shape index (κ3) is 6.16. The third-order valence-electron chi connectivity index (χ3n) is 6.28. The molecular weight excluding hydrogens is 540 g/mol. The first-order valence-electron chi connectivity index (χ1n) is 12.3. The van der Waals surface area contributed by atoms with E-state index < -0.39 is 15.7 Å². The molecule has 0 spiro atoms. The first-order chi connectivity index (χ1) is 18.6. The van der Waals surface area contributed by atoms with Gasteiger partial charge in [-0.2, -0.15) is 0 Å². The number of benzene rings is 1. The molecule has 1 aliphatic rings. The number of aromatic nitrogens is 4. The highest BCUT2D eigenvalue weighted by Crippen LogP contribution is 2.24. The molecule has 12 heteroatoms. The summed E-state index contributed by atoms with van der Waals surface area (Å²) in [5, 5.41) is 3.67. The maximum atomic E-state index is 12.7. The summed E-state index contributed by atoms with van der Waals surface area (Å²) in [6, 6.07) is 9.73. The van der Waals surface area contributed by atoms with Crippen molar-refractivity contribution < 1.29 is 17.9 Å². The number of amides is 1. The minimum atomic E-state index is -3.57. The van der Waals surface area contributed by atoms with Crippen LogP contribution in [0.4, 0.5) is 5.82 Å². The summed E-state index contributed by atoms with van der Waals surface area (Å²) in [6.07, 6.45) is 6.37. The van der Waals surface area contributed by atoms with Gasteiger partial charge in [-0.3, -0.25) is 14.8 Å². The van der Waals surface area contributed by atoms with E-state index in [9.17, 15) is 13.2 Å². The van der Waals surface area contributed by atoms with Crippen LogP contribution in [0.15, 0.2) is 59.9 Å². The van der Waals surface area contributed by atoms with Crippen molar-refractivity contribution in [2.45, 2.75) is 37.5 Å². The minimum absolute atomic E-state index is 0.0661. The van der Waals surface area contributed by atoms with Crippen molar-refractivity contribution in [2.75, 3.05) is 24.2 Å². The van der Waals surface area contributed by atoms with Gasteiger partial charge in [0, 0.05) is 36.5 Å². The highest BCUT2D eigenvalue weighted by atomic mass is 35.5. The Morgan fingerprint density at radius 3 is 2.56 bits per heavy atom. The Hall–Kier alpha value is -3.67. The van der Waals surface area contributed by atoms with Gasteiger partial charge < -0.3 is 15.0 Å². The van der Waals surface area contributed by atoms with Crippen LogP contribution in [0.5, 0.6) is 0 Å². The number of anilines is 1. The molecular formula is C27H27ClN6O4S. The largest absolute Gasteiger partial charge is 0.372 e. The number of morpholine rings is 1. The molecule has 10 nitrogen and oxygen atoms in total. The monoisotopic (exact) mass is 566 g/mol. The standard InChI is InChI=1S/C27H27ClN6O4S/c1-16-14-34(15-17(2)38-16)26-13-29-12-24(33-26)22-7-5-19-10-30-20(9-23(19)32-22)11-31-27(35)18-4-6-21(28)25(8-18)39(3,36)37/h4-10,12-13,16-17H,11,14-15H2,1-3H3,(H,31,35)/t16-,17+. The zero-order valence-electron chi connectivity index (χ0n) is 21.6. The Labute approximate surface area is 231 Å². The summed E-state index contributed by atoms with van der Waals surface area (Å²) in [6.45, 7) is 5.68. The number of pyridine rings is 2. The first kappa shape index (κ1) is 26.9. The molecule has 3 aromatic heterocycles. The number of halogens is 1. The number of nitrogens with one attached hydrogen (secondary N) is 1. The van der Waals surface area contributed by atoms with Crippen molar-refractivity contribution in [3.8, 4) is 11.4 Å². The van der Waals surface area contributed by atoms with Crippen molar-refractivity contribution in [3.05, 3.63) is 71.3 Å². The summed E-state index contributed by atoms with van der Waals surface area (Å²) < 4.78 is 29.7. The van der Waals surface area contributed by atoms with E-state index in [0.717, 1.165) is 30.5 Å². The van der Waals surface area contributed by atoms with Crippen LogP contribution in [0.2, 0.25) is 5.02 Å². The van der Waals surface area contributed by atoms with Crippen molar-refractivity contribution in [2.24, 2.45) is 0 Å². The molecule has 0 aliphatic carbocycles. The number of ether oxygens (including phenoxy) is 1. The van der Waals surface area contributed by atoms with Gasteiger partial charge in [-0.05, 0) is 50.2 Å². The summed E-state index contributed by atoms with van der Waals surface area (Å²) in [5.74, 6) is 0.328. The number of hydrogen-bond donors (Lipinski definition) is 1. The van der Waals surface area contributed by atoms with E-state index in [2.05, 4.69) is 20.2 Å². The van der Waals surface area contributed by atoms with Crippen LogP contribution in [0.25, 0.3) is 22.3 Å². The summed E-state index contributed by atoms with van der Waals surface area (Å²) in [4.78, 5) is 33.2. The molecule has 5 rings (SSSR count). The summed E-state index contributed by atoms with van der Waals surface area (Å²) >= 11 is 5.99. The highest BCUT2D eigenvalue weighted by molar-refractivity contribution is 7.90. The summed E-state index contributed by atoms with van der Waals surface area (Å²) in [7, 11) is -3.57. The van der Waals surface area contributed by atoms with E-state index in [1.54, 1.807) is 24.7 Å². The number of rotatable bonds is 6. The van der Waals surface area contributed by atoms with Crippen molar-refractivity contribution in [1.29, 1.82) is 0 Å². The second-order valence-electron chi connectivity index (χ2n) is 9.59. The van der Waals surface area contributed by atoms with Gasteiger partial charge >= 0.3 is 0 Å². The lowest BCUT2D eigenvalue weighted by Crippen LogP contribution is -2.45. The van der Waals surface area contributed by atoms with Crippen molar-refractivity contribution in [3.63, 3.8) is 0 Å². The topological polar surface area (TPSA) is 127 Å². The molecule has 39 heavy (non-hydrogen) atoms. The van der Waals surface area contributed by atoms with E-state index in [-0.39, 0.29) is 34.2 Å². The molecule has 4 heterocycles. The second-order valence-corrected chi connectivity index (χ2v) is 12.0. The molecule has 202 valence electrons. The lowest BCUT2D eigenvalue weighted by molar-refractivity contribution is -0.00547. The normalized spacial score (nSPS) is 17.8. The molecule has 0 bridgehead atoms. The molecule has 1 amide bonds. The Kier molecular flexibility index (Phi) is 7.48. The molecule has 4 aromatic rings. The van der Waals surface area contributed by atoms with Gasteiger partial charge in [0.2, 0.25) is 0 Å². The van der Waals surface area contributed by atoms with E-state index in [0.29, 0.717) is 22.6 Å². The van der Waals surface area contributed by atoms with Crippen LogP contribution in [0.1, 0.15) is 29.9 Å². The fourth-order valence-corrected chi connectivity index (χ4v) is 5.80. The SMILES string of the molecule is C[C@@H]1CN(c2cncc(-c3ccc4cnc(CNC(=O)c5ccc(Cl)c(S(C)(=O)=O)c5)cc4n3)n2)C[C@H](C)O1. The van der Waals surface area contributed by atoms with E-state index >= 15 is 0 Å². The smallest absolute Gasteiger partial charge is 0.251 e. The molecule has 1 aromatic carbocycles. The summed E-state index contributed by atoms with van der Waals surface area (Å²) in [5.41, 5.74) is 2.79. The van der Waals surface area contributed by atoms with Crippen LogP contribution in [-0.4, -0.2) is 65.8 Å². The van der Waals surface area contributed by atoms with E-state index in [4.69, 9.17) is 26.3 Å². The van der Waals surface area contributed by atoms with E-state index in [1.165, 1.54) is 18.2 Å². The molecule has 1 saturated heterocycles. The number of carbonyl (C=O) groups is 1. The Morgan fingerprint density at radius 1 is 1.05 bits per heavy atom. The van der Waals surface area contributed by atoms with Gasteiger partial charge in [0.15, 0.2) is 9.84 Å². The molecule has 0 unspecified atom stereocenters. The predicted octanol–water partition coefficient (Wildman–Crippen LogP) is 3.69. The molecule has 1 aliphatic heterocycles. The van der Waals surface area contributed by atoms with Crippen LogP contribution in [-0.2, 0) is 21.1 Å². The second kappa shape index (κ2) is 10.8. The van der Waals surface area contributed by atoms with E-state index in [1.807, 2.05) is 26.0 Å². The zero-order chi connectivity index (χ0) is 27.7. The van der Waals surface area contributed by atoms with Gasteiger partial charge in [-0.1, -0.05) is 11.6 Å². The van der Waals surface area contributed by atoms with Crippen LogP contribution in [0.3, 0.4) is 0 Å². The van der Waals surface area contributed by atoms with Crippen LogP contribution < -0.4 is 10.2 Å². The van der Waals surface area contributed by atoms with Crippen molar-refractivity contribution >= 4 is 44.1 Å². The van der Waals surface area contributed by atoms with Gasteiger partial charge in [0.1, 0.15) is 11.5 Å². The maximum absolute atomic E-state index is 12.7. The average molecular weight is 567 g/mol. The predicted molar refractivity (Wildman–Crippen MR) is 149 cm³/mol. The third-order valence-corrected chi connectivity index (χ3v) is 7.86. The Morgan fingerprint density at radius 2 is 1.82 bits per heavy atom. The minimum Gasteiger partial charge on any atom is -0.372 e. The quantitative estimate of drug-likeness (QED) is 0.371. The Balaban J connectivity index is 1.34. The van der Waals surface area contributed by atoms with Crippen LogP contribution >= 0.6 is 11.6 Å². The molecule has 2 atom stereocenters. The maximum Gasteiger partial charge on any atom is 0.251 e. The number of nitrogens with zero attached hydrogens (tertiary/aromatic N) is 5. The first-order valence-corrected chi connectivity index (χ1v) is 14.6. The number of fused-ring (bicyclic) bond motifs is 1. The zero-order valence-corrected chi connectivity index (χ0v) is 23.2. The molecule has 1 fully saturated rings. The van der Waals surface area contributed by atoms with Crippen LogP contribution in [0, 0.1) is 0 Å². The number of sulfone groups is 1. The molecule has 1 N–H and O–H groups in total. The Bertz CT molecular complexity index is 1660. The average Bonchev–Trinajstić information content (AvgIpc) is 2.90. The van der Waals surface area contributed by atoms with Gasteiger partial charge in [0.25, 0.3) is 5.91 Å². The highest BCUT2D eigenvalue weighted by Gasteiger charge is 2.24. The number of hydrogen-bond acceptors (Lipinski definition) is 9. The van der Waals surface area contributed by atoms with Gasteiger partial charge in [-0.25, -0.2) is 18.4 Å².